The Morgan fingerprint density at radius 1 is 0.875 bits per heavy atom. The average Bonchev–Trinajstić information content (AvgIpc) is 1.72. The van der Waals surface area contributed by atoms with Crippen LogP contribution in [0.1, 0.15) is 0 Å². The molecule has 8 heavy (non-hydrogen) atoms. The molecule has 50 valence electrons. The topological polar surface area (TPSA) is 27.7 Å². The van der Waals surface area contributed by atoms with E-state index in [0.717, 1.165) is 0 Å². The maximum absolute atomic E-state index is 4.60. The van der Waals surface area contributed by atoms with E-state index in [1.54, 1.807) is 0 Å². The van der Waals surface area contributed by atoms with Crippen LogP contribution < -0.4 is 0 Å². The second kappa shape index (κ2) is 7.23. The van der Waals surface area contributed by atoms with Crippen molar-refractivity contribution < 1.29 is 14.0 Å². The lowest BCUT2D eigenvalue weighted by Crippen LogP contribution is -2.21. The van der Waals surface area contributed by atoms with E-state index < -0.39 is 7.32 Å². The molecule has 0 saturated heterocycles. The Balaban J connectivity index is 0. The van der Waals surface area contributed by atoms with E-state index in [9.17, 15) is 0 Å². The molecule has 3 nitrogen and oxygen atoms in total. The third-order valence-corrected chi connectivity index (χ3v) is 0.577. The molecule has 0 saturated carbocycles. The lowest BCUT2D eigenvalue weighted by molar-refractivity contribution is 0.163. The van der Waals surface area contributed by atoms with E-state index in [1.165, 1.54) is 21.3 Å². The molecule has 0 aliphatic rings. The van der Waals surface area contributed by atoms with Crippen molar-refractivity contribution in [2.24, 2.45) is 0 Å². The number of halogens is 1. The van der Waals surface area contributed by atoms with E-state index in [1.807, 2.05) is 0 Å². The summed E-state index contributed by atoms with van der Waals surface area (Å²) in [5, 5.41) is 0. The second-order valence-corrected chi connectivity index (χ2v) is 0.996. The Hall–Kier alpha value is 0.235. The minimum Gasteiger partial charge on any atom is -0.389 e. The molecule has 0 aromatic rings. The van der Waals surface area contributed by atoms with Crippen molar-refractivity contribution in [1.82, 2.24) is 0 Å². The van der Waals surface area contributed by atoms with Gasteiger partial charge in [-0.25, -0.2) is 0 Å². The molecular weight excluding hydrogens is 130 g/mol. The summed E-state index contributed by atoms with van der Waals surface area (Å²) < 4.78 is 13.8. The van der Waals surface area contributed by atoms with E-state index >= 15 is 0 Å². The van der Waals surface area contributed by atoms with Crippen molar-refractivity contribution in [3.05, 3.63) is 0 Å². The molecular formula is C3H10BClO3. The van der Waals surface area contributed by atoms with Crippen LogP contribution in [0.3, 0.4) is 0 Å². The first-order valence-electron chi connectivity index (χ1n) is 1.93. The summed E-state index contributed by atoms with van der Waals surface area (Å²) in [6.45, 7) is 0. The van der Waals surface area contributed by atoms with Crippen molar-refractivity contribution in [3.63, 3.8) is 0 Å². The van der Waals surface area contributed by atoms with E-state index in [-0.39, 0.29) is 12.4 Å². The van der Waals surface area contributed by atoms with Crippen molar-refractivity contribution in [2.45, 2.75) is 0 Å². The highest BCUT2D eigenvalue weighted by Gasteiger charge is 2.12. The Morgan fingerprint density at radius 2 is 1.12 bits per heavy atom. The van der Waals surface area contributed by atoms with Crippen LogP contribution in [0.15, 0.2) is 0 Å². The van der Waals surface area contributed by atoms with Gasteiger partial charge in [-0.15, -0.1) is 12.4 Å². The molecule has 0 radical (unpaired) electrons. The minimum absolute atomic E-state index is 0. The SMILES string of the molecule is COB(OC)OC.Cl. The van der Waals surface area contributed by atoms with Crippen LogP contribution in [0.25, 0.3) is 0 Å². The van der Waals surface area contributed by atoms with Gasteiger partial charge in [-0.2, -0.15) is 0 Å². The fourth-order valence-electron chi connectivity index (χ4n) is 0.289. The zero-order valence-corrected chi connectivity index (χ0v) is 6.03. The van der Waals surface area contributed by atoms with Gasteiger partial charge < -0.3 is 14.0 Å². The van der Waals surface area contributed by atoms with Crippen LogP contribution in [0, 0.1) is 0 Å². The van der Waals surface area contributed by atoms with Crippen LogP contribution in [0.5, 0.6) is 0 Å². The molecule has 0 aromatic heterocycles. The van der Waals surface area contributed by atoms with Crippen LogP contribution in [-0.2, 0) is 14.0 Å². The molecule has 0 N–H and O–H groups in total. The first-order chi connectivity index (χ1) is 3.35. The van der Waals surface area contributed by atoms with Crippen LogP contribution >= 0.6 is 12.4 Å². The summed E-state index contributed by atoms with van der Waals surface area (Å²) in [7, 11) is 4.02. The number of hydrogen-bond donors (Lipinski definition) is 0. The summed E-state index contributed by atoms with van der Waals surface area (Å²) >= 11 is 0. The minimum atomic E-state index is -0.514. The molecule has 0 spiro atoms. The van der Waals surface area contributed by atoms with Crippen LogP contribution in [0.4, 0.5) is 0 Å². The molecule has 0 heterocycles. The van der Waals surface area contributed by atoms with Gasteiger partial charge in [-0.3, -0.25) is 0 Å². The summed E-state index contributed by atoms with van der Waals surface area (Å²) in [6.07, 6.45) is 0. The smallest absolute Gasteiger partial charge is 0.389 e. The van der Waals surface area contributed by atoms with Gasteiger partial charge in [0.05, 0.1) is 0 Å². The molecule has 0 atom stereocenters. The molecule has 0 aliphatic heterocycles. The van der Waals surface area contributed by atoms with E-state index in [0.29, 0.717) is 0 Å². The Kier molecular flexibility index (Phi) is 10.0. The van der Waals surface area contributed by atoms with Gasteiger partial charge in [0, 0.05) is 21.3 Å². The zero-order valence-electron chi connectivity index (χ0n) is 5.21. The van der Waals surface area contributed by atoms with E-state index in [4.69, 9.17) is 0 Å². The standard InChI is InChI=1S/C3H9BO3.ClH/c1-5-4(6-2)7-3;/h1-3H3;1H. The van der Waals surface area contributed by atoms with Crippen molar-refractivity contribution in [1.29, 1.82) is 0 Å². The second-order valence-electron chi connectivity index (χ2n) is 0.996. The van der Waals surface area contributed by atoms with Gasteiger partial charge in [0.15, 0.2) is 0 Å². The maximum Gasteiger partial charge on any atom is 0.638 e. The van der Waals surface area contributed by atoms with E-state index in [2.05, 4.69) is 14.0 Å². The predicted molar refractivity (Wildman–Crippen MR) is 34.0 cm³/mol. The molecule has 0 amide bonds. The fourth-order valence-corrected chi connectivity index (χ4v) is 0.289. The van der Waals surface area contributed by atoms with Crippen molar-refractivity contribution >= 4 is 19.7 Å². The van der Waals surface area contributed by atoms with Gasteiger partial charge in [-0.1, -0.05) is 0 Å². The Morgan fingerprint density at radius 3 is 1.12 bits per heavy atom. The van der Waals surface area contributed by atoms with Gasteiger partial charge in [-0.05, 0) is 0 Å². The third-order valence-electron chi connectivity index (χ3n) is 0.577. The molecule has 0 fully saturated rings. The lowest BCUT2D eigenvalue weighted by Gasteiger charge is -2.01. The summed E-state index contributed by atoms with van der Waals surface area (Å²) in [4.78, 5) is 0. The first kappa shape index (κ1) is 11.1. The Bertz CT molecular complexity index is 36.0. The van der Waals surface area contributed by atoms with Gasteiger partial charge in [0.2, 0.25) is 0 Å². The number of hydrogen-bond acceptors (Lipinski definition) is 3. The monoisotopic (exact) mass is 140 g/mol. The molecule has 0 rings (SSSR count). The largest absolute Gasteiger partial charge is 0.638 e. The molecule has 0 unspecified atom stereocenters. The van der Waals surface area contributed by atoms with Crippen LogP contribution in [-0.4, -0.2) is 28.7 Å². The Labute approximate surface area is 55.9 Å². The highest BCUT2D eigenvalue weighted by atomic mass is 35.5. The van der Waals surface area contributed by atoms with Gasteiger partial charge in [0.1, 0.15) is 0 Å². The highest BCUT2D eigenvalue weighted by molar-refractivity contribution is 6.36. The highest BCUT2D eigenvalue weighted by Crippen LogP contribution is 1.81. The number of rotatable bonds is 3. The summed E-state index contributed by atoms with van der Waals surface area (Å²) in [5.41, 5.74) is 0. The molecule has 5 heteroatoms. The van der Waals surface area contributed by atoms with Crippen LogP contribution in [0.2, 0.25) is 0 Å². The summed E-state index contributed by atoms with van der Waals surface area (Å²) in [6, 6.07) is 0. The summed E-state index contributed by atoms with van der Waals surface area (Å²) in [5.74, 6) is 0. The fraction of sp³-hybridized carbons (Fsp3) is 1.00. The quantitative estimate of drug-likeness (QED) is 0.529. The lowest BCUT2D eigenvalue weighted by atomic mass is 10.2. The molecule has 0 aromatic carbocycles. The maximum atomic E-state index is 4.60. The normalized spacial score (nSPS) is 7.88. The average molecular weight is 140 g/mol. The third kappa shape index (κ3) is 4.40. The van der Waals surface area contributed by atoms with Gasteiger partial charge >= 0.3 is 7.32 Å². The van der Waals surface area contributed by atoms with Gasteiger partial charge in [0.25, 0.3) is 0 Å². The first-order valence-corrected chi connectivity index (χ1v) is 1.93. The predicted octanol–water partition coefficient (Wildman–Crippen LogP) is 0.332. The zero-order chi connectivity index (χ0) is 5.70. The van der Waals surface area contributed by atoms with Crippen molar-refractivity contribution in [2.75, 3.05) is 21.3 Å². The molecule has 0 aliphatic carbocycles. The molecule has 0 bridgehead atoms. The van der Waals surface area contributed by atoms with Crippen molar-refractivity contribution in [3.8, 4) is 0 Å².